The van der Waals surface area contributed by atoms with E-state index in [-0.39, 0.29) is 12.3 Å². The Morgan fingerprint density at radius 1 is 1.17 bits per heavy atom. The average molecular weight is 330 g/mol. The van der Waals surface area contributed by atoms with Gasteiger partial charge in [0.2, 0.25) is 5.91 Å². The quantitative estimate of drug-likeness (QED) is 0.831. The topological polar surface area (TPSA) is 60.9 Å². The Bertz CT molecular complexity index is 571. The van der Waals surface area contributed by atoms with Crippen molar-refractivity contribution in [1.29, 1.82) is 0 Å². The molecule has 1 aromatic carbocycles. The van der Waals surface area contributed by atoms with Gasteiger partial charge < -0.3 is 10.0 Å². The molecule has 1 aromatic rings. The van der Waals surface area contributed by atoms with Crippen LogP contribution >= 0.6 is 0 Å². The predicted molar refractivity (Wildman–Crippen MR) is 91.7 cm³/mol. The van der Waals surface area contributed by atoms with Crippen LogP contribution < -0.4 is 0 Å². The number of carboxylic acids is 1. The average Bonchev–Trinajstić information content (AvgIpc) is 2.53. The van der Waals surface area contributed by atoms with Crippen molar-refractivity contribution < 1.29 is 14.7 Å². The van der Waals surface area contributed by atoms with Crippen molar-refractivity contribution in [3.63, 3.8) is 0 Å². The Morgan fingerprint density at radius 3 is 2.54 bits per heavy atom. The van der Waals surface area contributed by atoms with Gasteiger partial charge in [0.1, 0.15) is 0 Å². The summed E-state index contributed by atoms with van der Waals surface area (Å²) in [5, 5.41) is 9.21. The fraction of sp³-hybridized carbons (Fsp3) is 0.579. The lowest BCUT2D eigenvalue weighted by atomic mass is 9.85. The first kappa shape index (κ1) is 17.0. The van der Waals surface area contributed by atoms with E-state index in [4.69, 9.17) is 0 Å². The molecule has 5 heteroatoms. The predicted octanol–water partition coefficient (Wildman–Crippen LogP) is 2.02. The van der Waals surface area contributed by atoms with E-state index in [0.29, 0.717) is 5.92 Å². The monoisotopic (exact) mass is 330 g/mol. The van der Waals surface area contributed by atoms with E-state index in [1.54, 1.807) is 0 Å². The molecule has 2 fully saturated rings. The minimum Gasteiger partial charge on any atom is -0.481 e. The van der Waals surface area contributed by atoms with Crippen LogP contribution in [0.15, 0.2) is 30.3 Å². The van der Waals surface area contributed by atoms with Crippen molar-refractivity contribution in [2.24, 2.45) is 5.92 Å². The molecule has 1 saturated carbocycles. The molecule has 0 radical (unpaired) electrons. The molecule has 0 spiro atoms. The zero-order chi connectivity index (χ0) is 16.9. The summed E-state index contributed by atoms with van der Waals surface area (Å²) in [7, 11) is 0. The summed E-state index contributed by atoms with van der Waals surface area (Å²) in [6.45, 7) is 3.02. The van der Waals surface area contributed by atoms with Crippen LogP contribution in [0.4, 0.5) is 0 Å². The maximum atomic E-state index is 12.8. The highest BCUT2D eigenvalue weighted by Crippen LogP contribution is 2.28. The van der Waals surface area contributed by atoms with E-state index in [2.05, 4.69) is 17.0 Å². The van der Waals surface area contributed by atoms with Gasteiger partial charge in [-0.25, -0.2) is 0 Å². The molecule has 1 unspecified atom stereocenters. The summed E-state index contributed by atoms with van der Waals surface area (Å²) >= 11 is 0. The Kier molecular flexibility index (Phi) is 5.51. The second-order valence-corrected chi connectivity index (χ2v) is 6.97. The van der Waals surface area contributed by atoms with Gasteiger partial charge in [0.25, 0.3) is 0 Å². The number of nitrogens with zero attached hydrogens (tertiary/aromatic N) is 2. The first-order chi connectivity index (χ1) is 11.6. The van der Waals surface area contributed by atoms with Crippen molar-refractivity contribution in [3.8, 4) is 0 Å². The van der Waals surface area contributed by atoms with Crippen molar-refractivity contribution in [2.45, 2.75) is 38.1 Å². The van der Waals surface area contributed by atoms with E-state index < -0.39 is 12.0 Å². The molecule has 1 amide bonds. The third-order valence-corrected chi connectivity index (χ3v) is 5.30. The highest BCUT2D eigenvalue weighted by atomic mass is 16.4. The molecule has 1 heterocycles. The highest BCUT2D eigenvalue weighted by Gasteiger charge is 2.37. The third-order valence-electron chi connectivity index (χ3n) is 5.30. The molecule has 1 atom stereocenters. The summed E-state index contributed by atoms with van der Waals surface area (Å²) in [5.41, 5.74) is 1.22. The number of piperazine rings is 1. The Balaban J connectivity index is 1.62. The molecule has 1 aliphatic heterocycles. The van der Waals surface area contributed by atoms with Crippen LogP contribution in [0.25, 0.3) is 0 Å². The van der Waals surface area contributed by atoms with Crippen LogP contribution in [-0.2, 0) is 16.0 Å². The minimum atomic E-state index is -0.899. The normalized spacial score (nSPS) is 22.4. The van der Waals surface area contributed by atoms with Gasteiger partial charge in [-0.3, -0.25) is 14.5 Å². The van der Waals surface area contributed by atoms with E-state index in [1.165, 1.54) is 24.8 Å². The van der Waals surface area contributed by atoms with Gasteiger partial charge >= 0.3 is 5.97 Å². The molecule has 1 aliphatic carbocycles. The van der Waals surface area contributed by atoms with Gasteiger partial charge in [0.15, 0.2) is 0 Å². The first-order valence-corrected chi connectivity index (χ1v) is 8.92. The van der Waals surface area contributed by atoms with Crippen molar-refractivity contribution in [2.75, 3.05) is 26.2 Å². The Labute approximate surface area is 143 Å². The van der Waals surface area contributed by atoms with E-state index >= 15 is 0 Å². The number of hydrogen-bond donors (Lipinski definition) is 1. The number of benzene rings is 1. The molecule has 130 valence electrons. The molecule has 1 saturated heterocycles. The Morgan fingerprint density at radius 2 is 1.92 bits per heavy atom. The molecule has 2 aliphatic rings. The lowest BCUT2D eigenvalue weighted by molar-refractivity contribution is -0.150. The standard InChI is InChI=1S/C19H26N2O3/c22-18(23)13-17-19(24)21(14-16-7-4-8-16)12-11-20(17)10-9-15-5-2-1-3-6-15/h1-3,5-6,16-17H,4,7-14H2,(H,22,23). The maximum Gasteiger partial charge on any atom is 0.305 e. The highest BCUT2D eigenvalue weighted by molar-refractivity contribution is 5.86. The maximum absolute atomic E-state index is 12.8. The molecule has 0 bridgehead atoms. The van der Waals surface area contributed by atoms with Crippen molar-refractivity contribution >= 4 is 11.9 Å². The van der Waals surface area contributed by atoms with Crippen molar-refractivity contribution in [3.05, 3.63) is 35.9 Å². The van der Waals surface area contributed by atoms with Gasteiger partial charge in [-0.2, -0.15) is 0 Å². The lowest BCUT2D eigenvalue weighted by Gasteiger charge is -2.42. The summed E-state index contributed by atoms with van der Waals surface area (Å²) in [6.07, 6.45) is 4.40. The second-order valence-electron chi connectivity index (χ2n) is 6.97. The fourth-order valence-corrected chi connectivity index (χ4v) is 3.62. The number of rotatable bonds is 7. The molecule has 3 rings (SSSR count). The van der Waals surface area contributed by atoms with E-state index in [1.807, 2.05) is 23.1 Å². The number of carboxylic acid groups (broad SMARTS) is 1. The molecule has 5 nitrogen and oxygen atoms in total. The fourth-order valence-electron chi connectivity index (χ4n) is 3.62. The van der Waals surface area contributed by atoms with Crippen LogP contribution in [0, 0.1) is 5.92 Å². The zero-order valence-electron chi connectivity index (χ0n) is 14.1. The van der Waals surface area contributed by atoms with Gasteiger partial charge in [0, 0.05) is 26.2 Å². The summed E-state index contributed by atoms with van der Waals surface area (Å²) < 4.78 is 0. The zero-order valence-corrected chi connectivity index (χ0v) is 14.1. The number of amides is 1. The van der Waals surface area contributed by atoms with Crippen LogP contribution in [0.5, 0.6) is 0 Å². The largest absolute Gasteiger partial charge is 0.481 e. The smallest absolute Gasteiger partial charge is 0.305 e. The van der Waals surface area contributed by atoms with Crippen LogP contribution in [-0.4, -0.2) is 59.0 Å². The van der Waals surface area contributed by atoms with E-state index in [0.717, 1.165) is 32.6 Å². The number of carbonyl (C=O) groups excluding carboxylic acids is 1. The van der Waals surface area contributed by atoms with Gasteiger partial charge in [0.05, 0.1) is 12.5 Å². The summed E-state index contributed by atoms with van der Waals surface area (Å²) in [6, 6.07) is 9.62. The Hall–Kier alpha value is -1.88. The SMILES string of the molecule is O=C(O)CC1C(=O)N(CC2CCC2)CCN1CCc1ccccc1. The summed E-state index contributed by atoms with van der Waals surface area (Å²) in [5.74, 6) is -0.275. The van der Waals surface area contributed by atoms with Crippen LogP contribution in [0.1, 0.15) is 31.2 Å². The molecule has 1 N–H and O–H groups in total. The van der Waals surface area contributed by atoms with Gasteiger partial charge in [-0.05, 0) is 30.7 Å². The van der Waals surface area contributed by atoms with Crippen molar-refractivity contribution in [1.82, 2.24) is 9.80 Å². The summed E-state index contributed by atoms with van der Waals surface area (Å²) in [4.78, 5) is 28.0. The third kappa shape index (κ3) is 4.15. The number of aliphatic carboxylic acids is 1. The lowest BCUT2D eigenvalue weighted by Crippen LogP contribution is -2.58. The van der Waals surface area contributed by atoms with E-state index in [9.17, 15) is 14.7 Å². The number of carbonyl (C=O) groups is 2. The van der Waals surface area contributed by atoms with Gasteiger partial charge in [-0.1, -0.05) is 36.8 Å². The van der Waals surface area contributed by atoms with Crippen LogP contribution in [0.3, 0.4) is 0 Å². The minimum absolute atomic E-state index is 0.00334. The molecule has 0 aromatic heterocycles. The van der Waals surface area contributed by atoms with Gasteiger partial charge in [-0.15, -0.1) is 0 Å². The molecular formula is C19H26N2O3. The second kappa shape index (κ2) is 7.79. The molecular weight excluding hydrogens is 304 g/mol. The first-order valence-electron chi connectivity index (χ1n) is 8.92. The molecule has 24 heavy (non-hydrogen) atoms. The number of hydrogen-bond acceptors (Lipinski definition) is 3. The van der Waals surface area contributed by atoms with Crippen LogP contribution in [0.2, 0.25) is 0 Å².